The molecule has 0 saturated carbocycles. The van der Waals surface area contributed by atoms with Crippen molar-refractivity contribution in [1.82, 2.24) is 5.32 Å². The van der Waals surface area contributed by atoms with E-state index >= 15 is 0 Å². The first-order chi connectivity index (χ1) is 9.60. The van der Waals surface area contributed by atoms with Gasteiger partial charge in [0.15, 0.2) is 0 Å². The molecule has 1 atom stereocenters. The normalized spacial score (nSPS) is 12.8. The molecule has 116 valence electrons. The Labute approximate surface area is 126 Å². The largest absolute Gasteiger partial charge is 0.481 e. The van der Waals surface area contributed by atoms with Crippen LogP contribution in [0.3, 0.4) is 0 Å². The maximum atomic E-state index is 12.2. The Balaban J connectivity index is 2.74. The van der Waals surface area contributed by atoms with Gasteiger partial charge in [0.1, 0.15) is 0 Å². The third-order valence-electron chi connectivity index (χ3n) is 3.35. The van der Waals surface area contributed by atoms with Crippen LogP contribution in [0.15, 0.2) is 18.2 Å². The predicted octanol–water partition coefficient (Wildman–Crippen LogP) is 3.17. The van der Waals surface area contributed by atoms with Crippen molar-refractivity contribution in [1.29, 1.82) is 0 Å². The highest BCUT2D eigenvalue weighted by molar-refractivity contribution is 5.96. The molecule has 0 aliphatic carbocycles. The minimum Gasteiger partial charge on any atom is -0.481 e. The molecule has 0 bridgehead atoms. The van der Waals surface area contributed by atoms with Crippen LogP contribution in [0, 0.1) is 25.2 Å². The Bertz CT molecular complexity index is 529. The molecule has 1 aromatic carbocycles. The predicted molar refractivity (Wildman–Crippen MR) is 83.4 cm³/mol. The van der Waals surface area contributed by atoms with E-state index in [2.05, 4.69) is 5.32 Å². The summed E-state index contributed by atoms with van der Waals surface area (Å²) in [6, 6.07) is 5.67. The van der Waals surface area contributed by atoms with Crippen molar-refractivity contribution in [2.75, 3.05) is 6.54 Å². The zero-order valence-electron chi connectivity index (χ0n) is 13.5. The summed E-state index contributed by atoms with van der Waals surface area (Å²) < 4.78 is 0. The molecule has 4 heteroatoms. The summed E-state index contributed by atoms with van der Waals surface area (Å²) >= 11 is 0. The molecule has 2 N–H and O–H groups in total. The Kier molecular flexibility index (Phi) is 5.53. The molecule has 21 heavy (non-hydrogen) atoms. The number of carbonyl (C=O) groups is 2. The molecule has 0 fully saturated rings. The second kappa shape index (κ2) is 6.74. The summed E-state index contributed by atoms with van der Waals surface area (Å²) in [5.74, 6) is -1.65. The zero-order chi connectivity index (χ0) is 16.2. The summed E-state index contributed by atoms with van der Waals surface area (Å²) in [6.45, 7) is 9.94. The molecule has 1 aromatic rings. The van der Waals surface area contributed by atoms with Crippen LogP contribution in [-0.2, 0) is 4.79 Å². The monoisotopic (exact) mass is 291 g/mol. The van der Waals surface area contributed by atoms with Gasteiger partial charge in [-0.25, -0.2) is 0 Å². The standard InChI is InChI=1S/C17H25NO3/c1-11-6-7-12(2)14(8-11)15(19)18-10-13(16(20)21)9-17(3,4)5/h6-8,13H,9-10H2,1-5H3,(H,18,19)(H,20,21). The van der Waals surface area contributed by atoms with E-state index in [1.807, 2.05) is 52.8 Å². The van der Waals surface area contributed by atoms with Crippen LogP contribution in [0.1, 0.15) is 48.7 Å². The molecule has 0 radical (unpaired) electrons. The number of carboxylic acids is 1. The molecule has 1 unspecified atom stereocenters. The lowest BCUT2D eigenvalue weighted by Crippen LogP contribution is -2.35. The van der Waals surface area contributed by atoms with Crippen molar-refractivity contribution in [3.8, 4) is 0 Å². The molecule has 0 saturated heterocycles. The van der Waals surface area contributed by atoms with Crippen molar-refractivity contribution >= 4 is 11.9 Å². The van der Waals surface area contributed by atoms with E-state index in [0.29, 0.717) is 12.0 Å². The lowest BCUT2D eigenvalue weighted by Gasteiger charge is -2.23. The molecule has 0 heterocycles. The van der Waals surface area contributed by atoms with Crippen LogP contribution >= 0.6 is 0 Å². The Morgan fingerprint density at radius 1 is 1.24 bits per heavy atom. The van der Waals surface area contributed by atoms with Crippen LogP contribution in [0.5, 0.6) is 0 Å². The van der Waals surface area contributed by atoms with Gasteiger partial charge in [-0.3, -0.25) is 9.59 Å². The van der Waals surface area contributed by atoms with E-state index in [0.717, 1.165) is 11.1 Å². The first kappa shape index (κ1) is 17.2. The number of aryl methyl sites for hydroxylation is 2. The second-order valence-electron chi connectivity index (χ2n) is 6.83. The fourth-order valence-corrected chi connectivity index (χ4v) is 2.28. The molecule has 0 spiro atoms. The maximum Gasteiger partial charge on any atom is 0.308 e. The van der Waals surface area contributed by atoms with Crippen molar-refractivity contribution in [3.05, 3.63) is 34.9 Å². The lowest BCUT2D eigenvalue weighted by molar-refractivity contribution is -0.142. The van der Waals surface area contributed by atoms with Crippen LogP contribution in [0.2, 0.25) is 0 Å². The summed E-state index contributed by atoms with van der Waals surface area (Å²) in [4.78, 5) is 23.5. The molecule has 4 nitrogen and oxygen atoms in total. The molecular weight excluding hydrogens is 266 g/mol. The van der Waals surface area contributed by atoms with Gasteiger partial charge in [0, 0.05) is 12.1 Å². The van der Waals surface area contributed by atoms with Crippen molar-refractivity contribution in [3.63, 3.8) is 0 Å². The van der Waals surface area contributed by atoms with Crippen molar-refractivity contribution in [2.45, 2.75) is 41.0 Å². The number of hydrogen-bond donors (Lipinski definition) is 2. The van der Waals surface area contributed by atoms with Crippen LogP contribution in [-0.4, -0.2) is 23.5 Å². The first-order valence-electron chi connectivity index (χ1n) is 7.18. The Hall–Kier alpha value is -1.84. The topological polar surface area (TPSA) is 66.4 Å². The number of benzene rings is 1. The molecule has 0 aliphatic heterocycles. The molecule has 0 aromatic heterocycles. The third-order valence-corrected chi connectivity index (χ3v) is 3.35. The highest BCUT2D eigenvalue weighted by Gasteiger charge is 2.25. The lowest BCUT2D eigenvalue weighted by atomic mass is 9.84. The van der Waals surface area contributed by atoms with Gasteiger partial charge in [-0.2, -0.15) is 0 Å². The fraction of sp³-hybridized carbons (Fsp3) is 0.529. The van der Waals surface area contributed by atoms with E-state index in [9.17, 15) is 14.7 Å². The number of carboxylic acid groups (broad SMARTS) is 1. The number of nitrogens with one attached hydrogen (secondary N) is 1. The van der Waals surface area contributed by atoms with Crippen LogP contribution in [0.25, 0.3) is 0 Å². The van der Waals surface area contributed by atoms with E-state index in [1.165, 1.54) is 0 Å². The quantitative estimate of drug-likeness (QED) is 0.875. The number of rotatable bonds is 5. The minimum atomic E-state index is -0.869. The second-order valence-corrected chi connectivity index (χ2v) is 6.83. The average Bonchev–Trinajstić information content (AvgIpc) is 2.35. The summed E-state index contributed by atoms with van der Waals surface area (Å²) in [6.07, 6.45) is 0.523. The summed E-state index contributed by atoms with van der Waals surface area (Å²) in [7, 11) is 0. The van der Waals surface area contributed by atoms with E-state index in [4.69, 9.17) is 0 Å². The van der Waals surface area contributed by atoms with Gasteiger partial charge in [-0.15, -0.1) is 0 Å². The van der Waals surface area contributed by atoms with E-state index in [-0.39, 0.29) is 17.9 Å². The van der Waals surface area contributed by atoms with Gasteiger partial charge in [0.2, 0.25) is 0 Å². The van der Waals surface area contributed by atoms with Crippen molar-refractivity contribution < 1.29 is 14.7 Å². The highest BCUT2D eigenvalue weighted by atomic mass is 16.4. The van der Waals surface area contributed by atoms with Gasteiger partial charge in [-0.1, -0.05) is 38.5 Å². The van der Waals surface area contributed by atoms with E-state index in [1.54, 1.807) is 0 Å². The number of aliphatic carboxylic acids is 1. The first-order valence-corrected chi connectivity index (χ1v) is 7.18. The van der Waals surface area contributed by atoms with Gasteiger partial charge in [-0.05, 0) is 37.3 Å². The van der Waals surface area contributed by atoms with Gasteiger partial charge < -0.3 is 10.4 Å². The molecule has 1 rings (SSSR count). The number of hydrogen-bond acceptors (Lipinski definition) is 2. The fourth-order valence-electron chi connectivity index (χ4n) is 2.28. The van der Waals surface area contributed by atoms with Gasteiger partial charge in [0.25, 0.3) is 5.91 Å². The van der Waals surface area contributed by atoms with Gasteiger partial charge >= 0.3 is 5.97 Å². The Morgan fingerprint density at radius 2 is 1.86 bits per heavy atom. The van der Waals surface area contributed by atoms with Gasteiger partial charge in [0.05, 0.1) is 5.92 Å². The maximum absolute atomic E-state index is 12.2. The minimum absolute atomic E-state index is 0.0902. The zero-order valence-corrected chi connectivity index (χ0v) is 13.5. The molecule has 1 amide bonds. The van der Waals surface area contributed by atoms with Crippen molar-refractivity contribution in [2.24, 2.45) is 11.3 Å². The van der Waals surface area contributed by atoms with Crippen LogP contribution in [0.4, 0.5) is 0 Å². The van der Waals surface area contributed by atoms with E-state index < -0.39 is 11.9 Å². The Morgan fingerprint density at radius 3 is 2.38 bits per heavy atom. The summed E-state index contributed by atoms with van der Waals surface area (Å²) in [5.41, 5.74) is 2.42. The summed E-state index contributed by atoms with van der Waals surface area (Å²) in [5, 5.41) is 12.0. The number of carbonyl (C=O) groups excluding carboxylic acids is 1. The smallest absolute Gasteiger partial charge is 0.308 e. The molecular formula is C17H25NO3. The average molecular weight is 291 g/mol. The van der Waals surface area contributed by atoms with Crippen LogP contribution < -0.4 is 5.32 Å². The molecule has 0 aliphatic rings. The third kappa shape index (κ3) is 5.58. The highest BCUT2D eigenvalue weighted by Crippen LogP contribution is 2.24. The SMILES string of the molecule is Cc1ccc(C)c(C(=O)NCC(CC(C)(C)C)C(=O)O)c1. The number of amides is 1.